The lowest BCUT2D eigenvalue weighted by atomic mass is 10.1. The molecule has 3 heteroatoms. The maximum absolute atomic E-state index is 8.76. The van der Waals surface area contributed by atoms with Crippen LogP contribution in [0.4, 0.5) is 0 Å². The van der Waals surface area contributed by atoms with Gasteiger partial charge in [0.1, 0.15) is 11.8 Å². The fraction of sp³-hybridized carbons (Fsp3) is 0. The van der Waals surface area contributed by atoms with Crippen molar-refractivity contribution in [2.45, 2.75) is 0 Å². The fourth-order valence-electron chi connectivity index (χ4n) is 1.72. The molecule has 0 amide bonds. The molecule has 2 heterocycles. The minimum atomic E-state index is 0.338. The van der Waals surface area contributed by atoms with E-state index in [2.05, 4.69) is 4.98 Å². The van der Waals surface area contributed by atoms with Gasteiger partial charge in [-0.15, -0.1) is 0 Å². The van der Waals surface area contributed by atoms with E-state index in [0.717, 1.165) is 22.2 Å². The molecule has 1 aliphatic rings. The third kappa shape index (κ3) is 0.798. The largest absolute Gasteiger partial charge is 0.445 e. The van der Waals surface area contributed by atoms with Crippen LogP contribution in [-0.2, 0) is 0 Å². The molecule has 0 fully saturated rings. The molecule has 0 saturated carbocycles. The molecule has 14 heavy (non-hydrogen) atoms. The van der Waals surface area contributed by atoms with Crippen molar-refractivity contribution < 1.29 is 4.74 Å². The van der Waals surface area contributed by atoms with Crippen LogP contribution in [0, 0.1) is 11.3 Å². The first-order chi connectivity index (χ1) is 6.88. The van der Waals surface area contributed by atoms with Crippen LogP contribution in [0.5, 0.6) is 5.75 Å². The number of hydrogen-bond donors (Lipinski definition) is 1. The van der Waals surface area contributed by atoms with Gasteiger partial charge in [0.15, 0.2) is 0 Å². The Balaban J connectivity index is 2.42. The average Bonchev–Trinajstić information content (AvgIpc) is 2.64. The summed E-state index contributed by atoms with van der Waals surface area (Å²) in [6, 6.07) is 7.75. The van der Waals surface area contributed by atoms with Crippen LogP contribution < -0.4 is 4.74 Å². The maximum atomic E-state index is 8.76. The van der Waals surface area contributed by atoms with Crippen molar-refractivity contribution in [1.82, 2.24) is 4.98 Å². The highest BCUT2D eigenvalue weighted by Gasteiger charge is 2.15. The molecule has 0 atom stereocenters. The van der Waals surface area contributed by atoms with E-state index in [1.165, 1.54) is 0 Å². The van der Waals surface area contributed by atoms with Gasteiger partial charge >= 0.3 is 0 Å². The number of ether oxygens (including phenoxy) is 1. The number of nitriles is 1. The van der Waals surface area contributed by atoms with Crippen LogP contribution >= 0.6 is 0 Å². The van der Waals surface area contributed by atoms with Crippen molar-refractivity contribution in [3.05, 3.63) is 35.7 Å². The first kappa shape index (κ1) is 7.22. The second-order valence-corrected chi connectivity index (χ2v) is 3.15. The zero-order valence-corrected chi connectivity index (χ0v) is 7.24. The Kier molecular flexibility index (Phi) is 1.23. The molecule has 1 aliphatic heterocycles. The molecule has 3 rings (SSSR count). The van der Waals surface area contributed by atoms with Gasteiger partial charge in [0.25, 0.3) is 0 Å². The van der Waals surface area contributed by atoms with E-state index in [-0.39, 0.29) is 0 Å². The Bertz CT molecular complexity index is 587. The van der Waals surface area contributed by atoms with Gasteiger partial charge < -0.3 is 9.72 Å². The van der Waals surface area contributed by atoms with E-state index in [0.29, 0.717) is 5.76 Å². The number of rotatable bonds is 0. The SMILES string of the molecule is N#CC1=Cc2c[nH]c3cccc(c23)O1. The van der Waals surface area contributed by atoms with E-state index in [4.69, 9.17) is 10.00 Å². The highest BCUT2D eigenvalue weighted by molar-refractivity contribution is 5.96. The topological polar surface area (TPSA) is 48.8 Å². The Labute approximate surface area is 80.2 Å². The number of allylic oxidation sites excluding steroid dienone is 1. The third-order valence-electron chi connectivity index (χ3n) is 2.31. The molecule has 1 aromatic carbocycles. The highest BCUT2D eigenvalue weighted by Crippen LogP contribution is 2.34. The predicted molar refractivity (Wildman–Crippen MR) is 52.5 cm³/mol. The van der Waals surface area contributed by atoms with Gasteiger partial charge in [-0.25, -0.2) is 0 Å². The number of hydrogen-bond acceptors (Lipinski definition) is 2. The van der Waals surface area contributed by atoms with Crippen molar-refractivity contribution in [3.63, 3.8) is 0 Å². The zero-order valence-electron chi connectivity index (χ0n) is 7.24. The minimum Gasteiger partial charge on any atom is -0.445 e. The lowest BCUT2D eigenvalue weighted by Crippen LogP contribution is -1.97. The van der Waals surface area contributed by atoms with Crippen molar-refractivity contribution in [2.75, 3.05) is 0 Å². The van der Waals surface area contributed by atoms with Crippen LogP contribution in [-0.4, -0.2) is 4.98 Å². The Hall–Kier alpha value is -2.21. The van der Waals surface area contributed by atoms with Crippen LogP contribution in [0.15, 0.2) is 30.2 Å². The summed E-state index contributed by atoms with van der Waals surface area (Å²) < 4.78 is 5.39. The van der Waals surface area contributed by atoms with Crippen LogP contribution in [0.1, 0.15) is 5.56 Å². The van der Waals surface area contributed by atoms with E-state index in [1.54, 1.807) is 6.08 Å². The number of H-pyrrole nitrogens is 1. The molecule has 0 bridgehead atoms. The summed E-state index contributed by atoms with van der Waals surface area (Å²) >= 11 is 0. The van der Waals surface area contributed by atoms with Crippen molar-refractivity contribution in [2.24, 2.45) is 0 Å². The predicted octanol–water partition coefficient (Wildman–Crippen LogP) is 2.42. The molecule has 0 unspecified atom stereocenters. The smallest absolute Gasteiger partial charge is 0.204 e. The number of nitrogens with one attached hydrogen (secondary N) is 1. The summed E-state index contributed by atoms with van der Waals surface area (Å²) in [7, 11) is 0. The number of nitrogens with zero attached hydrogens (tertiary/aromatic N) is 1. The summed E-state index contributed by atoms with van der Waals surface area (Å²) in [4.78, 5) is 3.13. The first-order valence-electron chi connectivity index (χ1n) is 4.28. The monoisotopic (exact) mass is 182 g/mol. The summed E-state index contributed by atoms with van der Waals surface area (Å²) in [5.74, 6) is 1.09. The van der Waals surface area contributed by atoms with E-state index >= 15 is 0 Å². The molecule has 0 spiro atoms. The van der Waals surface area contributed by atoms with Crippen LogP contribution in [0.3, 0.4) is 0 Å². The van der Waals surface area contributed by atoms with Crippen LogP contribution in [0.25, 0.3) is 17.0 Å². The highest BCUT2D eigenvalue weighted by atomic mass is 16.5. The van der Waals surface area contributed by atoms with Gasteiger partial charge in [0, 0.05) is 28.7 Å². The van der Waals surface area contributed by atoms with Crippen molar-refractivity contribution in [1.29, 1.82) is 5.26 Å². The van der Waals surface area contributed by atoms with Gasteiger partial charge in [0.05, 0.1) is 0 Å². The first-order valence-corrected chi connectivity index (χ1v) is 4.28. The van der Waals surface area contributed by atoms with Crippen molar-refractivity contribution >= 4 is 17.0 Å². The van der Waals surface area contributed by atoms with Gasteiger partial charge in [0.2, 0.25) is 5.76 Å². The second kappa shape index (κ2) is 2.39. The van der Waals surface area contributed by atoms with Crippen LogP contribution in [0.2, 0.25) is 0 Å². The number of benzene rings is 1. The lowest BCUT2D eigenvalue weighted by molar-refractivity contribution is 0.455. The quantitative estimate of drug-likeness (QED) is 0.680. The lowest BCUT2D eigenvalue weighted by Gasteiger charge is -2.10. The molecule has 3 nitrogen and oxygen atoms in total. The minimum absolute atomic E-state index is 0.338. The zero-order chi connectivity index (χ0) is 9.54. The standard InChI is InChI=1S/C11H6N2O/c12-5-8-4-7-6-13-9-2-1-3-10(14-8)11(7)9/h1-4,6,13H. The van der Waals surface area contributed by atoms with Crippen molar-refractivity contribution in [3.8, 4) is 11.8 Å². The summed E-state index contributed by atoms with van der Waals surface area (Å²) in [6.45, 7) is 0. The number of aromatic amines is 1. The molecule has 1 aromatic heterocycles. The molecule has 0 radical (unpaired) electrons. The maximum Gasteiger partial charge on any atom is 0.204 e. The Morgan fingerprint density at radius 1 is 1.36 bits per heavy atom. The molecule has 0 saturated heterocycles. The third-order valence-corrected chi connectivity index (χ3v) is 2.31. The molecule has 1 N–H and O–H groups in total. The Morgan fingerprint density at radius 3 is 3.14 bits per heavy atom. The van der Waals surface area contributed by atoms with Gasteiger partial charge in [-0.2, -0.15) is 5.26 Å². The number of aromatic nitrogens is 1. The van der Waals surface area contributed by atoms with E-state index in [9.17, 15) is 0 Å². The molecule has 66 valence electrons. The van der Waals surface area contributed by atoms with E-state index in [1.807, 2.05) is 30.5 Å². The van der Waals surface area contributed by atoms with Gasteiger partial charge in [-0.3, -0.25) is 0 Å². The summed E-state index contributed by atoms with van der Waals surface area (Å²) in [5.41, 5.74) is 2.05. The normalized spacial score (nSPS) is 13.2. The second-order valence-electron chi connectivity index (χ2n) is 3.15. The molecule has 2 aromatic rings. The molecular weight excluding hydrogens is 176 g/mol. The van der Waals surface area contributed by atoms with Gasteiger partial charge in [-0.1, -0.05) is 6.07 Å². The van der Waals surface area contributed by atoms with E-state index < -0.39 is 0 Å². The molecule has 0 aliphatic carbocycles. The Morgan fingerprint density at radius 2 is 2.29 bits per heavy atom. The summed E-state index contributed by atoms with van der Waals surface area (Å²) in [5, 5.41) is 9.80. The molecular formula is C11H6N2O. The summed E-state index contributed by atoms with van der Waals surface area (Å²) in [6.07, 6.45) is 3.62. The van der Waals surface area contributed by atoms with Gasteiger partial charge in [-0.05, 0) is 12.1 Å². The average molecular weight is 182 g/mol. The fourth-order valence-corrected chi connectivity index (χ4v) is 1.72.